The highest BCUT2D eigenvalue weighted by atomic mass is 35.5. The number of rotatable bonds is 3. The van der Waals surface area contributed by atoms with Gasteiger partial charge in [0, 0.05) is 17.5 Å². The lowest BCUT2D eigenvalue weighted by atomic mass is 10.1. The van der Waals surface area contributed by atoms with E-state index in [1.54, 1.807) is 0 Å². The van der Waals surface area contributed by atoms with Gasteiger partial charge in [0.25, 0.3) is 0 Å². The summed E-state index contributed by atoms with van der Waals surface area (Å²) in [5, 5.41) is 7.58. The Kier molecular flexibility index (Phi) is 3.99. The van der Waals surface area contributed by atoms with Crippen molar-refractivity contribution in [2.75, 3.05) is 0 Å². The lowest BCUT2D eigenvalue weighted by molar-refractivity contribution is 0.862. The summed E-state index contributed by atoms with van der Waals surface area (Å²) in [6, 6.07) is 14.0. The summed E-state index contributed by atoms with van der Waals surface area (Å²) >= 11 is 7.69. The number of aryl methyl sites for hydroxylation is 1. The van der Waals surface area contributed by atoms with Gasteiger partial charge in [0.15, 0.2) is 11.5 Å². The van der Waals surface area contributed by atoms with E-state index < -0.39 is 0 Å². The van der Waals surface area contributed by atoms with Gasteiger partial charge in [-0.05, 0) is 37.3 Å². The van der Waals surface area contributed by atoms with Gasteiger partial charge in [-0.15, -0.1) is 11.3 Å². The maximum Gasteiger partial charge on any atom is 0.161 e. The Balaban J connectivity index is 1.52. The summed E-state index contributed by atoms with van der Waals surface area (Å²) in [4.78, 5) is 18.6. The number of aromatic nitrogens is 7. The minimum absolute atomic E-state index is 0.669. The maximum atomic E-state index is 6.15. The van der Waals surface area contributed by atoms with Crippen molar-refractivity contribution < 1.29 is 0 Å². The number of aromatic amines is 2. The third-order valence-corrected chi connectivity index (χ3v) is 6.73. The van der Waals surface area contributed by atoms with Crippen LogP contribution in [0.3, 0.4) is 0 Å². The summed E-state index contributed by atoms with van der Waals surface area (Å²) in [6.45, 7) is 1.97. The molecule has 0 bridgehead atoms. The molecule has 31 heavy (non-hydrogen) atoms. The van der Waals surface area contributed by atoms with Crippen LogP contribution in [0.25, 0.3) is 55.4 Å². The number of halogens is 1. The molecule has 0 saturated heterocycles. The molecule has 0 unspecified atom stereocenters. The van der Waals surface area contributed by atoms with E-state index in [4.69, 9.17) is 21.6 Å². The summed E-state index contributed by atoms with van der Waals surface area (Å²) in [6.07, 6.45) is 1.84. The predicted molar refractivity (Wildman–Crippen MR) is 124 cm³/mol. The van der Waals surface area contributed by atoms with Crippen LogP contribution in [0, 0.1) is 6.92 Å². The van der Waals surface area contributed by atoms with Crippen LogP contribution in [0.1, 0.15) is 5.82 Å². The number of para-hydroxylation sites is 1. The monoisotopic (exact) mass is 445 g/mol. The zero-order valence-corrected chi connectivity index (χ0v) is 18.2. The van der Waals surface area contributed by atoms with Crippen molar-refractivity contribution in [3.63, 3.8) is 0 Å². The topological polar surface area (TPSA) is 88.1 Å². The second kappa shape index (κ2) is 6.76. The van der Waals surface area contributed by atoms with Gasteiger partial charge in [0.05, 0.1) is 38.5 Å². The lowest BCUT2D eigenvalue weighted by Gasteiger charge is -2.03. The highest BCUT2D eigenvalue weighted by Crippen LogP contribution is 2.36. The van der Waals surface area contributed by atoms with Gasteiger partial charge >= 0.3 is 0 Å². The van der Waals surface area contributed by atoms with Crippen molar-refractivity contribution in [2.24, 2.45) is 7.05 Å². The molecular weight excluding hydrogens is 430 g/mol. The Morgan fingerprint density at radius 3 is 2.68 bits per heavy atom. The van der Waals surface area contributed by atoms with E-state index in [9.17, 15) is 0 Å². The van der Waals surface area contributed by atoms with E-state index in [2.05, 4.69) is 26.2 Å². The molecule has 0 spiro atoms. The number of fused-ring (bicyclic) bond motifs is 2. The molecule has 0 atom stereocenters. The van der Waals surface area contributed by atoms with Crippen molar-refractivity contribution in [1.82, 2.24) is 34.7 Å². The summed E-state index contributed by atoms with van der Waals surface area (Å²) in [7, 11) is 1.98. The molecule has 2 N–H and O–H groups in total. The van der Waals surface area contributed by atoms with E-state index in [1.165, 1.54) is 11.3 Å². The van der Waals surface area contributed by atoms with E-state index >= 15 is 0 Å². The van der Waals surface area contributed by atoms with Crippen molar-refractivity contribution in [2.45, 2.75) is 6.92 Å². The summed E-state index contributed by atoms with van der Waals surface area (Å²) in [5.74, 6) is 1.60. The van der Waals surface area contributed by atoms with Gasteiger partial charge in [-0.1, -0.05) is 23.7 Å². The van der Waals surface area contributed by atoms with E-state index in [-0.39, 0.29) is 0 Å². The number of benzene rings is 1. The van der Waals surface area contributed by atoms with Crippen LogP contribution < -0.4 is 0 Å². The minimum atomic E-state index is 0.669. The number of pyridine rings is 1. The fraction of sp³-hybridized carbons (Fsp3) is 0.0909. The molecule has 0 saturated carbocycles. The highest BCUT2D eigenvalue weighted by Gasteiger charge is 2.18. The molecule has 0 fully saturated rings. The summed E-state index contributed by atoms with van der Waals surface area (Å²) in [5.41, 5.74) is 6.94. The highest BCUT2D eigenvalue weighted by molar-refractivity contribution is 7.19. The van der Waals surface area contributed by atoms with Crippen LogP contribution in [0.15, 0.2) is 48.7 Å². The van der Waals surface area contributed by atoms with Crippen LogP contribution in [-0.4, -0.2) is 34.7 Å². The van der Waals surface area contributed by atoms with Crippen LogP contribution in [0.4, 0.5) is 0 Å². The second-order valence-corrected chi connectivity index (χ2v) is 9.02. The smallest absolute Gasteiger partial charge is 0.161 e. The van der Waals surface area contributed by atoms with Gasteiger partial charge < -0.3 is 9.55 Å². The van der Waals surface area contributed by atoms with Crippen molar-refractivity contribution in [1.29, 1.82) is 0 Å². The third-order valence-electron chi connectivity index (χ3n) is 5.47. The molecule has 7 nitrogen and oxygen atoms in total. The fourth-order valence-electron chi connectivity index (χ4n) is 3.75. The molecule has 0 amide bonds. The fourth-order valence-corrected chi connectivity index (χ4v) is 4.82. The number of hydrogen-bond donors (Lipinski definition) is 2. The number of nitrogens with one attached hydrogen (secondary N) is 2. The zero-order chi connectivity index (χ0) is 21.1. The molecule has 5 aromatic heterocycles. The van der Waals surface area contributed by atoms with Gasteiger partial charge in [-0.2, -0.15) is 5.10 Å². The molecule has 1 aromatic carbocycles. The zero-order valence-electron chi connectivity index (χ0n) is 16.6. The van der Waals surface area contributed by atoms with E-state index in [0.717, 1.165) is 54.1 Å². The Morgan fingerprint density at radius 2 is 1.90 bits per heavy atom. The number of hydrogen-bond acceptors (Lipinski definition) is 5. The Morgan fingerprint density at radius 1 is 1.00 bits per heavy atom. The molecule has 6 aromatic rings. The molecule has 0 aliphatic heterocycles. The molecule has 9 heteroatoms. The first kappa shape index (κ1) is 18.3. The van der Waals surface area contributed by atoms with Crippen LogP contribution in [0.5, 0.6) is 0 Å². The van der Waals surface area contributed by atoms with Gasteiger partial charge in [0.2, 0.25) is 0 Å². The molecule has 5 heterocycles. The summed E-state index contributed by atoms with van der Waals surface area (Å²) < 4.78 is 2.77. The first-order valence-corrected chi connectivity index (χ1v) is 10.9. The number of H-pyrrole nitrogens is 2. The van der Waals surface area contributed by atoms with Gasteiger partial charge in [0.1, 0.15) is 11.3 Å². The van der Waals surface area contributed by atoms with Gasteiger partial charge in [-0.3, -0.25) is 5.10 Å². The number of imidazole rings is 2. The largest absolute Gasteiger partial charge is 0.336 e. The Labute approximate surface area is 185 Å². The number of thiophene rings is 1. The van der Waals surface area contributed by atoms with Crippen LogP contribution in [0.2, 0.25) is 4.34 Å². The molecule has 6 rings (SSSR count). The average molecular weight is 446 g/mol. The van der Waals surface area contributed by atoms with Gasteiger partial charge in [-0.25, -0.2) is 15.0 Å². The van der Waals surface area contributed by atoms with Crippen LogP contribution in [-0.2, 0) is 7.05 Å². The normalized spacial score (nSPS) is 11.7. The van der Waals surface area contributed by atoms with Crippen LogP contribution >= 0.6 is 22.9 Å². The molecule has 152 valence electrons. The minimum Gasteiger partial charge on any atom is -0.336 e. The molecule has 0 aliphatic rings. The molecule has 0 radical (unpaired) electrons. The quantitative estimate of drug-likeness (QED) is 0.371. The van der Waals surface area contributed by atoms with Crippen molar-refractivity contribution >= 4 is 45.0 Å². The SMILES string of the molecule is Cc1ncc(-c2ccc3[nH]nc(-c4nc5c(-c6ccc(Cl)s6)cccc5[nH]4)c3n2)n1C. The second-order valence-electron chi connectivity index (χ2n) is 7.31. The maximum absolute atomic E-state index is 6.15. The molecule has 0 aliphatic carbocycles. The first-order valence-electron chi connectivity index (χ1n) is 9.67. The first-order chi connectivity index (χ1) is 15.1. The third kappa shape index (κ3) is 2.87. The Hall–Kier alpha value is -3.49. The Bertz CT molecular complexity index is 1590. The average Bonchev–Trinajstić information content (AvgIpc) is 3.54. The standard InChI is InChI=1S/C22H16ClN7S/c1-11-24-10-16(30(11)2)13-6-7-15-20(25-13)21(29-28-15)22-26-14-5-3-4-12(19(14)27-22)17-8-9-18(23)31-17/h3-10H,1-2H3,(H,26,27)(H,28,29). The molecular formula is C22H16ClN7S. The van der Waals surface area contributed by atoms with E-state index in [1.807, 2.05) is 61.1 Å². The van der Waals surface area contributed by atoms with Crippen molar-refractivity contribution in [3.05, 3.63) is 58.8 Å². The lowest BCUT2D eigenvalue weighted by Crippen LogP contribution is -1.96. The number of nitrogens with zero attached hydrogens (tertiary/aromatic N) is 5. The predicted octanol–water partition coefficient (Wildman–Crippen LogP) is 5.59. The van der Waals surface area contributed by atoms with E-state index in [0.29, 0.717) is 11.5 Å². The van der Waals surface area contributed by atoms with Crippen molar-refractivity contribution in [3.8, 4) is 33.3 Å².